The van der Waals surface area contributed by atoms with Crippen LogP contribution in [0, 0.1) is 35.5 Å². The van der Waals surface area contributed by atoms with Crippen LogP contribution in [-0.4, -0.2) is 33.9 Å². The number of carboxylic acid groups (broad SMARTS) is 1. The second-order valence-corrected chi connectivity index (χ2v) is 11.0. The van der Waals surface area contributed by atoms with Crippen LogP contribution < -0.4 is 5.32 Å². The van der Waals surface area contributed by atoms with E-state index < -0.39 is 17.9 Å². The van der Waals surface area contributed by atoms with Crippen molar-refractivity contribution in [1.29, 1.82) is 0 Å². The highest BCUT2D eigenvalue weighted by Gasteiger charge is 2.50. The molecule has 5 rings (SSSR count). The largest absolute Gasteiger partial charge is 0.480 e. The molecule has 1 aromatic carbocycles. The quantitative estimate of drug-likeness (QED) is 0.625. The molecule has 3 atom stereocenters. The van der Waals surface area contributed by atoms with Gasteiger partial charge in [0.1, 0.15) is 6.04 Å². The molecule has 0 aliphatic heterocycles. The summed E-state index contributed by atoms with van der Waals surface area (Å²) in [6.07, 6.45) is 6.16. The van der Waals surface area contributed by atoms with E-state index in [0.717, 1.165) is 17.4 Å². The third kappa shape index (κ3) is 4.84. The third-order valence-corrected chi connectivity index (χ3v) is 8.98. The van der Waals surface area contributed by atoms with E-state index >= 15 is 0 Å². The molecule has 1 aromatic rings. The van der Waals surface area contributed by atoms with Gasteiger partial charge < -0.3 is 10.4 Å². The third-order valence-electron chi connectivity index (χ3n) is 7.90. The fourth-order valence-corrected chi connectivity index (χ4v) is 7.76. The number of hydrogen-bond donors (Lipinski definition) is 2. The Labute approximate surface area is 188 Å². The Balaban J connectivity index is 1.44. The van der Waals surface area contributed by atoms with Gasteiger partial charge in [0.15, 0.2) is 5.12 Å². The van der Waals surface area contributed by atoms with Crippen LogP contribution in [0.1, 0.15) is 57.4 Å². The number of carboxylic acids is 1. The average molecular weight is 444 g/mol. The normalized spacial score (nSPS) is 31.6. The van der Waals surface area contributed by atoms with Crippen LogP contribution in [-0.2, 0) is 14.4 Å². The maximum absolute atomic E-state index is 13.3. The van der Waals surface area contributed by atoms with E-state index in [1.807, 2.05) is 37.3 Å². The Kier molecular flexibility index (Phi) is 6.75. The number of carbonyl (C=O) groups excluding carboxylic acids is 2. The van der Waals surface area contributed by atoms with Gasteiger partial charge in [-0.25, -0.2) is 0 Å². The molecule has 31 heavy (non-hydrogen) atoms. The molecule has 0 spiro atoms. The van der Waals surface area contributed by atoms with Crippen molar-refractivity contribution in [2.45, 2.75) is 57.9 Å². The lowest BCUT2D eigenvalue weighted by molar-refractivity contribution is -0.141. The SMILES string of the molecule is C[C@H](NC(=O)[C@@H](CSC(=O)C1C2CC3CC(C2)CC1C3)[C@H](C)c1ccccc1)C(=O)O. The molecule has 0 heterocycles. The monoisotopic (exact) mass is 443 g/mol. The van der Waals surface area contributed by atoms with Crippen LogP contribution in [0.4, 0.5) is 0 Å². The molecule has 4 bridgehead atoms. The molecular formula is C25H33NO4S. The Bertz CT molecular complexity index is 798. The molecular weight excluding hydrogens is 410 g/mol. The van der Waals surface area contributed by atoms with Crippen molar-refractivity contribution in [3.8, 4) is 0 Å². The number of hydrogen-bond acceptors (Lipinski definition) is 4. The van der Waals surface area contributed by atoms with Crippen molar-refractivity contribution < 1.29 is 19.5 Å². The molecule has 4 aliphatic carbocycles. The molecule has 0 aromatic heterocycles. The molecule has 6 heteroatoms. The predicted molar refractivity (Wildman–Crippen MR) is 122 cm³/mol. The van der Waals surface area contributed by atoms with E-state index in [9.17, 15) is 19.5 Å². The molecule has 0 radical (unpaired) electrons. The van der Waals surface area contributed by atoms with Gasteiger partial charge in [-0.15, -0.1) is 0 Å². The zero-order chi connectivity index (χ0) is 22.1. The maximum Gasteiger partial charge on any atom is 0.325 e. The standard InChI is InChI=1S/C25H33NO4S/c1-14(18-6-4-3-5-7-18)21(23(27)26-15(2)24(28)29)13-31-25(30)22-19-9-16-8-17(11-19)12-20(22)10-16/h3-7,14-17,19-22H,8-13H2,1-2H3,(H,26,27)(H,28,29)/t14-,15+,16?,17?,19?,20?,21+,22?/m1/s1. The van der Waals surface area contributed by atoms with Crippen molar-refractivity contribution >= 4 is 28.8 Å². The highest BCUT2D eigenvalue weighted by Crippen LogP contribution is 2.57. The molecule has 4 fully saturated rings. The second-order valence-electron chi connectivity index (χ2n) is 9.96. The minimum Gasteiger partial charge on any atom is -0.480 e. The first kappa shape index (κ1) is 22.4. The van der Waals surface area contributed by atoms with E-state index in [4.69, 9.17) is 0 Å². The Morgan fingerprint density at radius 3 is 2.13 bits per heavy atom. The molecule has 4 aliphatic rings. The van der Waals surface area contributed by atoms with Gasteiger partial charge in [0.25, 0.3) is 0 Å². The fourth-order valence-electron chi connectivity index (χ4n) is 6.40. The van der Waals surface area contributed by atoms with E-state index in [1.165, 1.54) is 50.8 Å². The molecule has 0 saturated heterocycles. The van der Waals surface area contributed by atoms with E-state index in [-0.39, 0.29) is 22.9 Å². The summed E-state index contributed by atoms with van der Waals surface area (Å²) in [5, 5.41) is 12.1. The van der Waals surface area contributed by atoms with Gasteiger partial charge in [-0.3, -0.25) is 14.4 Å². The van der Waals surface area contributed by atoms with Gasteiger partial charge in [0.05, 0.1) is 5.92 Å². The van der Waals surface area contributed by atoms with E-state index in [1.54, 1.807) is 0 Å². The summed E-state index contributed by atoms with van der Waals surface area (Å²) >= 11 is 1.30. The van der Waals surface area contributed by atoms with Gasteiger partial charge in [0, 0.05) is 11.7 Å². The lowest BCUT2D eigenvalue weighted by Crippen LogP contribution is -2.47. The molecule has 1 amide bonds. The second kappa shape index (κ2) is 9.35. The summed E-state index contributed by atoms with van der Waals surface area (Å²) in [6, 6.07) is 8.82. The number of nitrogens with one attached hydrogen (secondary N) is 1. The van der Waals surface area contributed by atoms with Gasteiger partial charge >= 0.3 is 5.97 Å². The lowest BCUT2D eigenvalue weighted by Gasteiger charge is -2.53. The molecule has 2 N–H and O–H groups in total. The smallest absolute Gasteiger partial charge is 0.325 e. The van der Waals surface area contributed by atoms with E-state index in [2.05, 4.69) is 5.32 Å². The number of carbonyl (C=O) groups is 3. The highest BCUT2D eigenvalue weighted by atomic mass is 32.2. The minimum atomic E-state index is -1.06. The summed E-state index contributed by atoms with van der Waals surface area (Å²) in [5.74, 6) is 1.31. The minimum absolute atomic E-state index is 0.110. The first-order valence-electron chi connectivity index (χ1n) is 11.6. The van der Waals surface area contributed by atoms with Gasteiger partial charge in [-0.2, -0.15) is 0 Å². The zero-order valence-electron chi connectivity index (χ0n) is 18.3. The number of thioether (sulfide) groups is 1. The summed E-state index contributed by atoms with van der Waals surface area (Å²) in [7, 11) is 0. The van der Waals surface area contributed by atoms with Crippen molar-refractivity contribution in [3.63, 3.8) is 0 Å². The van der Waals surface area contributed by atoms with Crippen LogP contribution in [0.2, 0.25) is 0 Å². The number of rotatable bonds is 8. The average Bonchev–Trinajstić information content (AvgIpc) is 2.73. The number of benzene rings is 1. The zero-order valence-corrected chi connectivity index (χ0v) is 19.1. The highest BCUT2D eigenvalue weighted by molar-refractivity contribution is 8.13. The Morgan fingerprint density at radius 2 is 1.58 bits per heavy atom. The van der Waals surface area contributed by atoms with Crippen molar-refractivity contribution in [3.05, 3.63) is 35.9 Å². The topological polar surface area (TPSA) is 83.5 Å². The van der Waals surface area contributed by atoms with Crippen LogP contribution in [0.3, 0.4) is 0 Å². The summed E-state index contributed by atoms with van der Waals surface area (Å²) in [4.78, 5) is 37.5. The first-order chi connectivity index (χ1) is 14.8. The molecule has 5 nitrogen and oxygen atoms in total. The van der Waals surface area contributed by atoms with Crippen LogP contribution in [0.25, 0.3) is 0 Å². The van der Waals surface area contributed by atoms with Crippen LogP contribution >= 0.6 is 11.8 Å². The van der Waals surface area contributed by atoms with Crippen LogP contribution in [0.15, 0.2) is 30.3 Å². The first-order valence-corrected chi connectivity index (χ1v) is 12.6. The molecule has 168 valence electrons. The van der Waals surface area contributed by atoms with Gasteiger partial charge in [-0.05, 0) is 74.2 Å². The van der Waals surface area contributed by atoms with E-state index in [0.29, 0.717) is 17.6 Å². The van der Waals surface area contributed by atoms with Gasteiger partial charge in [-0.1, -0.05) is 49.0 Å². The number of aliphatic carboxylic acids is 1. The summed E-state index contributed by atoms with van der Waals surface area (Å²) in [6.45, 7) is 3.45. The maximum atomic E-state index is 13.3. The van der Waals surface area contributed by atoms with Gasteiger partial charge in [0.2, 0.25) is 5.91 Å². The van der Waals surface area contributed by atoms with Crippen LogP contribution in [0.5, 0.6) is 0 Å². The number of amides is 1. The Morgan fingerprint density at radius 1 is 1.00 bits per heavy atom. The molecule has 4 saturated carbocycles. The predicted octanol–water partition coefficient (Wildman–Crippen LogP) is 4.33. The van der Waals surface area contributed by atoms with Crippen molar-refractivity contribution in [2.24, 2.45) is 35.5 Å². The fraction of sp³-hybridized carbons (Fsp3) is 0.640. The lowest BCUT2D eigenvalue weighted by atomic mass is 9.52. The Hall–Kier alpha value is -1.82. The van der Waals surface area contributed by atoms with Crippen molar-refractivity contribution in [2.75, 3.05) is 5.75 Å². The van der Waals surface area contributed by atoms with Crippen molar-refractivity contribution in [1.82, 2.24) is 5.32 Å². The summed E-state index contributed by atoms with van der Waals surface area (Å²) < 4.78 is 0. The molecule has 0 unspecified atom stereocenters. The summed E-state index contributed by atoms with van der Waals surface area (Å²) in [5.41, 5.74) is 1.02.